The van der Waals surface area contributed by atoms with Gasteiger partial charge in [-0.25, -0.2) is 13.4 Å². The minimum absolute atomic E-state index is 0.128. The first-order valence-electron chi connectivity index (χ1n) is 11.4. The highest BCUT2D eigenvalue weighted by Gasteiger charge is 2.29. The molecule has 1 aliphatic rings. The monoisotopic (exact) mass is 481 g/mol. The van der Waals surface area contributed by atoms with Crippen LogP contribution in [0.15, 0.2) is 65.7 Å². The van der Waals surface area contributed by atoms with Gasteiger partial charge in [0.15, 0.2) is 0 Å². The Morgan fingerprint density at radius 3 is 2.32 bits per heavy atom. The predicted octanol–water partition coefficient (Wildman–Crippen LogP) is 2.93. The molecular formula is C25H31N5O3S. The van der Waals surface area contributed by atoms with Gasteiger partial charge in [-0.2, -0.15) is 4.72 Å². The molecule has 2 heterocycles. The standard InChI is InChI=1S/C25H31N5O3S/c1-18(2)24(28-34(32,33)22-10-8-19-6-4-5-7-20(19)16-22)25(31)27-21-9-11-23(26-17-21)30-14-12-29(3)13-15-30/h4-11,16-18,24,28H,12-15H2,1-3H3,(H,27,31). The van der Waals surface area contributed by atoms with Gasteiger partial charge in [0.05, 0.1) is 16.8 Å². The first-order valence-corrected chi connectivity index (χ1v) is 12.9. The summed E-state index contributed by atoms with van der Waals surface area (Å²) in [7, 11) is -1.80. The molecule has 0 bridgehead atoms. The summed E-state index contributed by atoms with van der Waals surface area (Å²) in [5.41, 5.74) is 0.526. The second-order valence-electron chi connectivity index (χ2n) is 9.04. The summed E-state index contributed by atoms with van der Waals surface area (Å²) in [5, 5.41) is 4.58. The molecular weight excluding hydrogens is 450 g/mol. The number of benzene rings is 2. The maximum absolute atomic E-state index is 13.1. The zero-order valence-electron chi connectivity index (χ0n) is 19.7. The Bertz CT molecular complexity index is 1250. The first-order chi connectivity index (χ1) is 16.2. The van der Waals surface area contributed by atoms with Crippen LogP contribution in [0.25, 0.3) is 10.8 Å². The van der Waals surface area contributed by atoms with E-state index in [2.05, 4.69) is 31.9 Å². The number of fused-ring (bicyclic) bond motifs is 1. The van der Waals surface area contributed by atoms with E-state index in [0.717, 1.165) is 42.8 Å². The number of carbonyl (C=O) groups excluding carboxylic acids is 1. The van der Waals surface area contributed by atoms with Gasteiger partial charge in [-0.05, 0) is 48.0 Å². The van der Waals surface area contributed by atoms with Gasteiger partial charge in [0, 0.05) is 26.2 Å². The molecule has 2 aromatic carbocycles. The predicted molar refractivity (Wildman–Crippen MR) is 135 cm³/mol. The molecule has 9 heteroatoms. The van der Waals surface area contributed by atoms with Gasteiger partial charge in [0.2, 0.25) is 15.9 Å². The van der Waals surface area contributed by atoms with Crippen molar-refractivity contribution in [3.8, 4) is 0 Å². The van der Waals surface area contributed by atoms with Crippen molar-refractivity contribution in [1.82, 2.24) is 14.6 Å². The van der Waals surface area contributed by atoms with Crippen molar-refractivity contribution in [3.05, 3.63) is 60.8 Å². The van der Waals surface area contributed by atoms with Crippen molar-refractivity contribution in [2.45, 2.75) is 24.8 Å². The van der Waals surface area contributed by atoms with Crippen LogP contribution in [0.4, 0.5) is 11.5 Å². The minimum atomic E-state index is -3.90. The number of sulfonamides is 1. The van der Waals surface area contributed by atoms with E-state index in [1.807, 2.05) is 44.2 Å². The smallest absolute Gasteiger partial charge is 0.242 e. The topological polar surface area (TPSA) is 94.6 Å². The number of hydrogen-bond acceptors (Lipinski definition) is 6. The summed E-state index contributed by atoms with van der Waals surface area (Å²) in [4.78, 5) is 22.1. The molecule has 2 N–H and O–H groups in total. The molecule has 0 aliphatic carbocycles. The van der Waals surface area contributed by atoms with Gasteiger partial charge < -0.3 is 15.1 Å². The highest BCUT2D eigenvalue weighted by molar-refractivity contribution is 7.89. The summed E-state index contributed by atoms with van der Waals surface area (Å²) in [6.45, 7) is 7.38. The molecule has 1 fully saturated rings. The number of nitrogens with zero attached hydrogens (tertiary/aromatic N) is 3. The highest BCUT2D eigenvalue weighted by Crippen LogP contribution is 2.21. The van der Waals surface area contributed by atoms with Crippen LogP contribution in [0.5, 0.6) is 0 Å². The molecule has 1 saturated heterocycles. The van der Waals surface area contributed by atoms with E-state index in [0.29, 0.717) is 5.69 Å². The molecule has 8 nitrogen and oxygen atoms in total. The summed E-state index contributed by atoms with van der Waals surface area (Å²) in [6, 6.07) is 15.2. The molecule has 3 aromatic rings. The minimum Gasteiger partial charge on any atom is -0.354 e. The van der Waals surface area contributed by atoms with Crippen molar-refractivity contribution < 1.29 is 13.2 Å². The lowest BCUT2D eigenvalue weighted by Crippen LogP contribution is -2.47. The number of carbonyl (C=O) groups is 1. The number of aromatic nitrogens is 1. The van der Waals surface area contributed by atoms with Crippen LogP contribution in [0.1, 0.15) is 13.8 Å². The van der Waals surface area contributed by atoms with E-state index in [1.165, 1.54) is 0 Å². The lowest BCUT2D eigenvalue weighted by atomic mass is 10.1. The van der Waals surface area contributed by atoms with E-state index in [9.17, 15) is 13.2 Å². The average molecular weight is 482 g/mol. The third-order valence-electron chi connectivity index (χ3n) is 6.11. The summed E-state index contributed by atoms with van der Waals surface area (Å²) in [6.07, 6.45) is 1.61. The summed E-state index contributed by atoms with van der Waals surface area (Å²) in [5.74, 6) is 0.185. The second kappa shape index (κ2) is 10.1. The van der Waals surface area contributed by atoms with Crippen LogP contribution in [0.2, 0.25) is 0 Å². The fourth-order valence-electron chi connectivity index (χ4n) is 3.96. The molecule has 1 aromatic heterocycles. The summed E-state index contributed by atoms with van der Waals surface area (Å²) < 4.78 is 28.7. The average Bonchev–Trinajstić information content (AvgIpc) is 2.83. The Morgan fingerprint density at radius 2 is 1.68 bits per heavy atom. The van der Waals surface area contributed by atoms with Crippen LogP contribution in [-0.4, -0.2) is 63.5 Å². The van der Waals surface area contributed by atoms with Crippen molar-refractivity contribution in [3.63, 3.8) is 0 Å². The van der Waals surface area contributed by atoms with Crippen LogP contribution < -0.4 is 14.9 Å². The second-order valence-corrected chi connectivity index (χ2v) is 10.8. The van der Waals surface area contributed by atoms with Crippen molar-refractivity contribution in [2.75, 3.05) is 43.4 Å². The number of amides is 1. The highest BCUT2D eigenvalue weighted by atomic mass is 32.2. The van der Waals surface area contributed by atoms with E-state index in [4.69, 9.17) is 0 Å². The van der Waals surface area contributed by atoms with Crippen LogP contribution in [0, 0.1) is 5.92 Å². The number of pyridine rings is 1. The Morgan fingerprint density at radius 1 is 0.971 bits per heavy atom. The number of rotatable bonds is 7. The molecule has 1 aliphatic heterocycles. The Balaban J connectivity index is 1.45. The maximum atomic E-state index is 13.1. The number of likely N-dealkylation sites (N-methyl/N-ethyl adjacent to an activating group) is 1. The van der Waals surface area contributed by atoms with Crippen LogP contribution >= 0.6 is 0 Å². The lowest BCUT2D eigenvalue weighted by Gasteiger charge is -2.33. The fourth-order valence-corrected chi connectivity index (χ4v) is 5.34. The first kappa shape index (κ1) is 24.1. The third-order valence-corrected chi connectivity index (χ3v) is 7.54. The largest absolute Gasteiger partial charge is 0.354 e. The summed E-state index contributed by atoms with van der Waals surface area (Å²) >= 11 is 0. The normalized spacial score (nSPS) is 16.1. The fraction of sp³-hybridized carbons (Fsp3) is 0.360. The van der Waals surface area contributed by atoms with Crippen molar-refractivity contribution >= 4 is 38.2 Å². The van der Waals surface area contributed by atoms with Crippen molar-refractivity contribution in [2.24, 2.45) is 5.92 Å². The van der Waals surface area contributed by atoms with Crippen molar-refractivity contribution in [1.29, 1.82) is 0 Å². The van der Waals surface area contributed by atoms with E-state index in [-0.39, 0.29) is 10.8 Å². The third kappa shape index (κ3) is 5.55. The lowest BCUT2D eigenvalue weighted by molar-refractivity contribution is -0.118. The molecule has 1 amide bonds. The van der Waals surface area contributed by atoms with Gasteiger partial charge in [0.25, 0.3) is 0 Å². The van der Waals surface area contributed by atoms with Gasteiger partial charge >= 0.3 is 0 Å². The van der Waals surface area contributed by atoms with Crippen LogP contribution in [0.3, 0.4) is 0 Å². The van der Waals surface area contributed by atoms with E-state index >= 15 is 0 Å². The quantitative estimate of drug-likeness (QED) is 0.539. The molecule has 1 unspecified atom stereocenters. The van der Waals surface area contributed by atoms with E-state index in [1.54, 1.807) is 30.5 Å². The van der Waals surface area contributed by atoms with Crippen LogP contribution in [-0.2, 0) is 14.8 Å². The molecule has 4 rings (SSSR count). The Hall–Kier alpha value is -3.01. The van der Waals surface area contributed by atoms with E-state index < -0.39 is 22.0 Å². The number of nitrogens with one attached hydrogen (secondary N) is 2. The molecule has 1 atom stereocenters. The molecule has 0 radical (unpaired) electrons. The SMILES string of the molecule is CC(C)C(NS(=O)(=O)c1ccc2ccccc2c1)C(=O)Nc1ccc(N2CCN(C)CC2)nc1. The zero-order chi connectivity index (χ0) is 24.3. The molecule has 180 valence electrons. The molecule has 0 spiro atoms. The number of anilines is 2. The van der Waals surface area contributed by atoms with Gasteiger partial charge in [-0.15, -0.1) is 0 Å². The molecule has 0 saturated carbocycles. The Labute approximate surface area is 201 Å². The number of hydrogen-bond donors (Lipinski definition) is 2. The van der Waals surface area contributed by atoms with Gasteiger partial charge in [0.1, 0.15) is 11.9 Å². The Kier molecular flexibility index (Phi) is 7.16. The maximum Gasteiger partial charge on any atom is 0.242 e. The number of piperazine rings is 1. The molecule has 34 heavy (non-hydrogen) atoms. The zero-order valence-corrected chi connectivity index (χ0v) is 20.5. The van der Waals surface area contributed by atoms with Gasteiger partial charge in [-0.1, -0.05) is 44.2 Å². The van der Waals surface area contributed by atoms with Gasteiger partial charge in [-0.3, -0.25) is 4.79 Å².